The SMILES string of the molecule is C[C@H]1CC[C@H](Nc2ncc(-c3ccc(OCC#N)cc3)c(O[C@H]3CCOC3)n2)CC1. The standard InChI is InChI=1S/C23H28N4O3/c1-16-2-6-18(7-3-16)26-23-25-14-21(22(27-23)30-20-10-12-28-15-20)17-4-8-19(9-5-17)29-13-11-24/h4-5,8-9,14,16,18,20H,2-3,6-7,10,12-13,15H2,1H3,(H,25,26,27)/t16-,18-,20-/m0/s1. The first-order chi connectivity index (χ1) is 14.7. The first-order valence-corrected chi connectivity index (χ1v) is 10.7. The third-order valence-corrected chi connectivity index (χ3v) is 5.74. The highest BCUT2D eigenvalue weighted by Gasteiger charge is 2.23. The van der Waals surface area contributed by atoms with Crippen LogP contribution in [0, 0.1) is 17.2 Å². The van der Waals surface area contributed by atoms with Gasteiger partial charge in [-0.3, -0.25) is 0 Å². The zero-order valence-corrected chi connectivity index (χ0v) is 17.3. The highest BCUT2D eigenvalue weighted by Crippen LogP contribution is 2.32. The minimum Gasteiger partial charge on any atom is -0.479 e. The zero-order valence-electron chi connectivity index (χ0n) is 17.3. The molecule has 0 radical (unpaired) electrons. The maximum absolute atomic E-state index is 8.66. The van der Waals surface area contributed by atoms with Gasteiger partial charge < -0.3 is 19.5 Å². The molecule has 1 atom stereocenters. The summed E-state index contributed by atoms with van der Waals surface area (Å²) < 4.78 is 17.0. The van der Waals surface area contributed by atoms with Gasteiger partial charge in [-0.15, -0.1) is 0 Å². The summed E-state index contributed by atoms with van der Waals surface area (Å²) in [6.45, 7) is 3.63. The van der Waals surface area contributed by atoms with Crippen LogP contribution in [0.5, 0.6) is 11.6 Å². The van der Waals surface area contributed by atoms with Gasteiger partial charge in [-0.2, -0.15) is 10.2 Å². The molecule has 1 aromatic carbocycles. The number of hydrogen-bond acceptors (Lipinski definition) is 7. The number of nitrogens with one attached hydrogen (secondary N) is 1. The van der Waals surface area contributed by atoms with Crippen molar-refractivity contribution in [2.24, 2.45) is 5.92 Å². The fourth-order valence-electron chi connectivity index (χ4n) is 3.92. The molecule has 1 saturated carbocycles. The number of nitrogens with zero attached hydrogens (tertiary/aromatic N) is 3. The monoisotopic (exact) mass is 408 g/mol. The minimum absolute atomic E-state index is 0.000246. The normalized spacial score (nSPS) is 23.5. The Morgan fingerprint density at radius 2 is 1.97 bits per heavy atom. The topological polar surface area (TPSA) is 89.3 Å². The second-order valence-electron chi connectivity index (χ2n) is 8.09. The van der Waals surface area contributed by atoms with Crippen LogP contribution in [0.15, 0.2) is 30.5 Å². The van der Waals surface area contributed by atoms with Gasteiger partial charge in [-0.25, -0.2) is 4.98 Å². The van der Waals surface area contributed by atoms with Gasteiger partial charge in [-0.05, 0) is 49.3 Å². The molecule has 2 heterocycles. The van der Waals surface area contributed by atoms with Crippen molar-refractivity contribution < 1.29 is 14.2 Å². The molecule has 1 saturated heterocycles. The van der Waals surface area contributed by atoms with Crippen molar-refractivity contribution in [3.63, 3.8) is 0 Å². The van der Waals surface area contributed by atoms with E-state index in [1.807, 2.05) is 36.5 Å². The predicted octanol–water partition coefficient (Wildman–Crippen LogP) is 4.20. The van der Waals surface area contributed by atoms with Crippen LogP contribution < -0.4 is 14.8 Å². The molecule has 1 aliphatic carbocycles. The summed E-state index contributed by atoms with van der Waals surface area (Å²) in [5.41, 5.74) is 1.77. The van der Waals surface area contributed by atoms with Crippen LogP contribution in [-0.4, -0.2) is 41.9 Å². The highest BCUT2D eigenvalue weighted by atomic mass is 16.5. The van der Waals surface area contributed by atoms with Gasteiger partial charge in [0, 0.05) is 18.7 Å². The number of hydrogen-bond donors (Lipinski definition) is 1. The fourth-order valence-corrected chi connectivity index (χ4v) is 3.92. The lowest BCUT2D eigenvalue weighted by Crippen LogP contribution is -2.26. The summed E-state index contributed by atoms with van der Waals surface area (Å²) in [6.07, 6.45) is 7.43. The Labute approximate surface area is 177 Å². The molecular formula is C23H28N4O3. The number of benzene rings is 1. The van der Waals surface area contributed by atoms with E-state index < -0.39 is 0 Å². The van der Waals surface area contributed by atoms with E-state index in [0.717, 1.165) is 36.3 Å². The summed E-state index contributed by atoms with van der Waals surface area (Å²) in [6, 6.07) is 9.92. The van der Waals surface area contributed by atoms with Crippen LogP contribution in [0.1, 0.15) is 39.0 Å². The van der Waals surface area contributed by atoms with Gasteiger partial charge in [0.1, 0.15) is 17.9 Å². The van der Waals surface area contributed by atoms with Gasteiger partial charge in [0.05, 0.1) is 18.8 Å². The molecule has 1 aromatic heterocycles. The summed E-state index contributed by atoms with van der Waals surface area (Å²) in [4.78, 5) is 9.29. The van der Waals surface area contributed by atoms with Crippen molar-refractivity contribution in [2.45, 2.75) is 51.2 Å². The van der Waals surface area contributed by atoms with E-state index >= 15 is 0 Å². The summed E-state index contributed by atoms with van der Waals surface area (Å²) in [5.74, 6) is 2.63. The molecule has 0 spiro atoms. The molecule has 2 aliphatic rings. The van der Waals surface area contributed by atoms with E-state index in [2.05, 4.69) is 17.2 Å². The van der Waals surface area contributed by atoms with Crippen LogP contribution in [0.25, 0.3) is 11.1 Å². The van der Waals surface area contributed by atoms with Crippen molar-refractivity contribution in [3.8, 4) is 28.8 Å². The van der Waals surface area contributed by atoms with Crippen LogP contribution in [0.3, 0.4) is 0 Å². The summed E-state index contributed by atoms with van der Waals surface area (Å²) in [5, 5.41) is 12.2. The highest BCUT2D eigenvalue weighted by molar-refractivity contribution is 5.69. The second-order valence-corrected chi connectivity index (χ2v) is 8.09. The van der Waals surface area contributed by atoms with E-state index in [1.54, 1.807) is 0 Å². The molecule has 2 fully saturated rings. The molecule has 1 aliphatic heterocycles. The van der Waals surface area contributed by atoms with Gasteiger partial charge >= 0.3 is 0 Å². The Morgan fingerprint density at radius 1 is 1.17 bits per heavy atom. The second kappa shape index (κ2) is 9.77. The predicted molar refractivity (Wildman–Crippen MR) is 113 cm³/mol. The lowest BCUT2D eigenvalue weighted by molar-refractivity contribution is 0.138. The van der Waals surface area contributed by atoms with Gasteiger partial charge in [0.2, 0.25) is 11.8 Å². The van der Waals surface area contributed by atoms with Crippen LogP contribution in [-0.2, 0) is 4.74 Å². The Hall–Kier alpha value is -2.85. The molecule has 4 rings (SSSR count). The number of nitriles is 1. The van der Waals surface area contributed by atoms with Gasteiger partial charge in [-0.1, -0.05) is 19.1 Å². The first-order valence-electron chi connectivity index (χ1n) is 10.7. The molecule has 0 unspecified atom stereocenters. The Bertz CT molecular complexity index is 867. The molecular weight excluding hydrogens is 380 g/mol. The molecule has 0 bridgehead atoms. The molecule has 158 valence electrons. The average molecular weight is 409 g/mol. The molecule has 2 aromatic rings. The maximum Gasteiger partial charge on any atom is 0.226 e. The van der Waals surface area contributed by atoms with E-state index in [-0.39, 0.29) is 12.7 Å². The minimum atomic E-state index is 0.000246. The zero-order chi connectivity index (χ0) is 20.8. The molecule has 7 heteroatoms. The van der Waals surface area contributed by atoms with Crippen molar-refractivity contribution in [1.29, 1.82) is 5.26 Å². The van der Waals surface area contributed by atoms with E-state index in [1.165, 1.54) is 12.8 Å². The Balaban J connectivity index is 1.54. The molecule has 30 heavy (non-hydrogen) atoms. The van der Waals surface area contributed by atoms with Crippen molar-refractivity contribution in [2.75, 3.05) is 25.1 Å². The van der Waals surface area contributed by atoms with E-state index in [4.69, 9.17) is 24.5 Å². The number of ether oxygens (including phenoxy) is 3. The first kappa shape index (κ1) is 20.4. The van der Waals surface area contributed by atoms with Gasteiger partial charge in [0.25, 0.3) is 0 Å². The maximum atomic E-state index is 8.66. The quantitative estimate of drug-likeness (QED) is 0.734. The van der Waals surface area contributed by atoms with Crippen LogP contribution in [0.4, 0.5) is 5.95 Å². The smallest absolute Gasteiger partial charge is 0.226 e. The van der Waals surface area contributed by atoms with E-state index in [9.17, 15) is 0 Å². The number of rotatable bonds is 7. The van der Waals surface area contributed by atoms with Crippen molar-refractivity contribution >= 4 is 5.95 Å². The largest absolute Gasteiger partial charge is 0.479 e. The third-order valence-electron chi connectivity index (χ3n) is 5.74. The van der Waals surface area contributed by atoms with Crippen molar-refractivity contribution in [3.05, 3.63) is 30.5 Å². The van der Waals surface area contributed by atoms with E-state index in [0.29, 0.717) is 36.8 Å². The van der Waals surface area contributed by atoms with Crippen LogP contribution in [0.2, 0.25) is 0 Å². The van der Waals surface area contributed by atoms with Crippen molar-refractivity contribution in [1.82, 2.24) is 9.97 Å². The number of aromatic nitrogens is 2. The third kappa shape index (κ3) is 5.19. The Morgan fingerprint density at radius 3 is 2.67 bits per heavy atom. The molecule has 1 N–H and O–H groups in total. The molecule has 0 amide bonds. The van der Waals surface area contributed by atoms with Crippen LogP contribution >= 0.6 is 0 Å². The molecule has 7 nitrogen and oxygen atoms in total. The Kier molecular flexibility index (Phi) is 6.65. The van der Waals surface area contributed by atoms with Gasteiger partial charge in [0.15, 0.2) is 6.61 Å². The number of anilines is 1. The summed E-state index contributed by atoms with van der Waals surface area (Å²) in [7, 11) is 0. The summed E-state index contributed by atoms with van der Waals surface area (Å²) >= 11 is 0. The fraction of sp³-hybridized carbons (Fsp3) is 0.522. The lowest BCUT2D eigenvalue weighted by atomic mass is 9.87. The average Bonchev–Trinajstić information content (AvgIpc) is 3.28. The lowest BCUT2D eigenvalue weighted by Gasteiger charge is -2.27.